The van der Waals surface area contributed by atoms with Gasteiger partial charge in [0.1, 0.15) is 17.9 Å². The number of imidazole rings is 1. The lowest BCUT2D eigenvalue weighted by molar-refractivity contribution is 0.262. The number of hydrogen-bond acceptors (Lipinski definition) is 3. The van der Waals surface area contributed by atoms with Crippen molar-refractivity contribution in [1.82, 2.24) is 9.38 Å². The molecule has 0 aliphatic carbocycles. The Morgan fingerprint density at radius 1 is 1.19 bits per heavy atom. The Morgan fingerprint density at radius 3 is 2.90 bits per heavy atom. The van der Waals surface area contributed by atoms with Crippen LogP contribution in [0.3, 0.4) is 0 Å². The van der Waals surface area contributed by atoms with E-state index in [-0.39, 0.29) is 6.03 Å². The van der Waals surface area contributed by atoms with Crippen LogP contribution in [0.1, 0.15) is 0 Å². The fourth-order valence-corrected chi connectivity index (χ4v) is 2.03. The van der Waals surface area contributed by atoms with Crippen LogP contribution in [0.25, 0.3) is 5.52 Å². The van der Waals surface area contributed by atoms with E-state index in [1.807, 2.05) is 24.3 Å². The molecule has 0 saturated carbocycles. The highest BCUT2D eigenvalue weighted by atomic mass is 16.5. The summed E-state index contributed by atoms with van der Waals surface area (Å²) in [5.41, 5.74) is 1.57. The number of amides is 2. The zero-order valence-electron chi connectivity index (χ0n) is 11.4. The summed E-state index contributed by atoms with van der Waals surface area (Å²) in [5, 5.41) is 5.55. The maximum absolute atomic E-state index is 12.1. The summed E-state index contributed by atoms with van der Waals surface area (Å²) < 4.78 is 6.91. The Hall–Kier alpha value is -3.02. The second-order valence-corrected chi connectivity index (χ2v) is 4.41. The maximum atomic E-state index is 12.1. The van der Waals surface area contributed by atoms with Crippen molar-refractivity contribution in [3.63, 3.8) is 0 Å². The van der Waals surface area contributed by atoms with Crippen molar-refractivity contribution >= 4 is 23.1 Å². The molecule has 0 fully saturated rings. The van der Waals surface area contributed by atoms with Crippen LogP contribution in [0.2, 0.25) is 0 Å². The van der Waals surface area contributed by atoms with E-state index < -0.39 is 0 Å². The van der Waals surface area contributed by atoms with Gasteiger partial charge in [-0.15, -0.1) is 0 Å². The Bertz CT molecular complexity index is 782. The summed E-state index contributed by atoms with van der Waals surface area (Å²) >= 11 is 0. The van der Waals surface area contributed by atoms with E-state index in [0.29, 0.717) is 17.3 Å². The van der Waals surface area contributed by atoms with Crippen molar-refractivity contribution < 1.29 is 9.53 Å². The summed E-state index contributed by atoms with van der Waals surface area (Å²) in [4.78, 5) is 16.1. The van der Waals surface area contributed by atoms with Gasteiger partial charge >= 0.3 is 6.03 Å². The number of ether oxygens (including phenoxy) is 1. The number of carbonyl (C=O) groups is 1. The number of nitrogens with zero attached hydrogens (tertiary/aromatic N) is 2. The monoisotopic (exact) mass is 282 g/mol. The van der Waals surface area contributed by atoms with Crippen LogP contribution in [-0.4, -0.2) is 22.5 Å². The number of rotatable bonds is 3. The van der Waals surface area contributed by atoms with Crippen molar-refractivity contribution in [1.29, 1.82) is 0 Å². The number of hydrogen-bond donors (Lipinski definition) is 2. The molecule has 3 rings (SSSR count). The molecule has 2 aromatic heterocycles. The molecular weight excluding hydrogens is 268 g/mol. The second-order valence-electron chi connectivity index (χ2n) is 4.41. The SMILES string of the molecule is COc1cccc(NC(=O)Nc2cccc3cncn23)c1. The van der Waals surface area contributed by atoms with Crippen LogP contribution in [0.5, 0.6) is 5.75 Å². The number of nitrogens with one attached hydrogen (secondary N) is 2. The molecular formula is C15H14N4O2. The lowest BCUT2D eigenvalue weighted by atomic mass is 10.3. The minimum Gasteiger partial charge on any atom is -0.497 e. The second kappa shape index (κ2) is 5.54. The summed E-state index contributed by atoms with van der Waals surface area (Å²) in [6, 6.07) is 12.4. The Balaban J connectivity index is 1.75. The van der Waals surface area contributed by atoms with Crippen LogP contribution >= 0.6 is 0 Å². The molecule has 0 aliphatic rings. The average Bonchev–Trinajstić information content (AvgIpc) is 2.97. The minimum absolute atomic E-state index is 0.329. The van der Waals surface area contributed by atoms with Gasteiger partial charge in [-0.3, -0.25) is 9.72 Å². The lowest BCUT2D eigenvalue weighted by Gasteiger charge is -2.10. The first-order valence-electron chi connectivity index (χ1n) is 6.39. The predicted octanol–water partition coefficient (Wildman–Crippen LogP) is 2.99. The molecule has 6 nitrogen and oxygen atoms in total. The molecule has 21 heavy (non-hydrogen) atoms. The molecule has 106 valence electrons. The first kappa shape index (κ1) is 13.0. The number of methoxy groups -OCH3 is 1. The number of aromatic nitrogens is 2. The van der Waals surface area contributed by atoms with Gasteiger partial charge in [0.05, 0.1) is 18.8 Å². The zero-order valence-corrected chi connectivity index (χ0v) is 11.4. The third-order valence-corrected chi connectivity index (χ3v) is 3.02. The number of pyridine rings is 1. The molecule has 0 atom stereocenters. The summed E-state index contributed by atoms with van der Waals surface area (Å²) in [5.74, 6) is 1.33. The van der Waals surface area contributed by atoms with Gasteiger partial charge in [-0.2, -0.15) is 0 Å². The molecule has 2 amide bonds. The number of fused-ring (bicyclic) bond motifs is 1. The molecule has 0 spiro atoms. The Labute approximate surface area is 121 Å². The van der Waals surface area contributed by atoms with Crippen LogP contribution in [0, 0.1) is 0 Å². The number of urea groups is 1. The predicted molar refractivity (Wildman–Crippen MR) is 80.8 cm³/mol. The standard InChI is InChI=1S/C15H14N4O2/c1-21-13-6-2-4-11(8-13)17-15(20)18-14-7-3-5-12-9-16-10-19(12)14/h2-10H,1H3,(H2,17,18,20). The van der Waals surface area contributed by atoms with E-state index in [0.717, 1.165) is 5.52 Å². The van der Waals surface area contributed by atoms with Gasteiger partial charge in [-0.05, 0) is 24.3 Å². The zero-order chi connectivity index (χ0) is 14.7. The normalized spacial score (nSPS) is 10.3. The van der Waals surface area contributed by atoms with E-state index in [4.69, 9.17) is 4.74 Å². The Morgan fingerprint density at radius 2 is 2.05 bits per heavy atom. The van der Waals surface area contributed by atoms with Gasteiger partial charge in [0.2, 0.25) is 0 Å². The van der Waals surface area contributed by atoms with Crippen molar-refractivity contribution in [2.45, 2.75) is 0 Å². The molecule has 1 aromatic carbocycles. The fourth-order valence-electron chi connectivity index (χ4n) is 2.03. The third kappa shape index (κ3) is 2.79. The molecule has 0 radical (unpaired) electrons. The molecule has 3 aromatic rings. The number of benzene rings is 1. The molecule has 0 unspecified atom stereocenters. The third-order valence-electron chi connectivity index (χ3n) is 3.02. The van der Waals surface area contributed by atoms with Crippen molar-refractivity contribution in [2.24, 2.45) is 0 Å². The topological polar surface area (TPSA) is 67.7 Å². The van der Waals surface area contributed by atoms with E-state index in [2.05, 4.69) is 15.6 Å². The average molecular weight is 282 g/mol. The van der Waals surface area contributed by atoms with Crippen molar-refractivity contribution in [3.05, 3.63) is 55.0 Å². The highest BCUT2D eigenvalue weighted by Crippen LogP contribution is 2.17. The molecule has 6 heteroatoms. The van der Waals surface area contributed by atoms with Gasteiger partial charge in [0.25, 0.3) is 0 Å². The van der Waals surface area contributed by atoms with Gasteiger partial charge in [0.15, 0.2) is 0 Å². The highest BCUT2D eigenvalue weighted by Gasteiger charge is 2.06. The first-order chi connectivity index (χ1) is 10.3. The van der Waals surface area contributed by atoms with Crippen LogP contribution in [0.4, 0.5) is 16.3 Å². The molecule has 2 N–H and O–H groups in total. The number of carbonyl (C=O) groups excluding carboxylic acids is 1. The van der Waals surface area contributed by atoms with Crippen LogP contribution in [0.15, 0.2) is 55.0 Å². The van der Waals surface area contributed by atoms with Crippen molar-refractivity contribution in [3.8, 4) is 5.75 Å². The molecule has 0 bridgehead atoms. The van der Waals surface area contributed by atoms with E-state index in [9.17, 15) is 4.79 Å². The van der Waals surface area contributed by atoms with Crippen molar-refractivity contribution in [2.75, 3.05) is 17.7 Å². The van der Waals surface area contributed by atoms with Gasteiger partial charge in [-0.25, -0.2) is 9.78 Å². The molecule has 0 saturated heterocycles. The molecule has 2 heterocycles. The highest BCUT2D eigenvalue weighted by molar-refractivity contribution is 5.99. The van der Waals surface area contributed by atoms with E-state index in [1.165, 1.54) is 0 Å². The number of anilines is 2. The van der Waals surface area contributed by atoms with Crippen LogP contribution < -0.4 is 15.4 Å². The lowest BCUT2D eigenvalue weighted by Crippen LogP contribution is -2.20. The summed E-state index contributed by atoms with van der Waals surface area (Å²) in [7, 11) is 1.58. The summed E-state index contributed by atoms with van der Waals surface area (Å²) in [6.07, 6.45) is 3.38. The minimum atomic E-state index is -0.329. The van der Waals surface area contributed by atoms with E-state index in [1.54, 1.807) is 42.2 Å². The van der Waals surface area contributed by atoms with Crippen LogP contribution in [-0.2, 0) is 0 Å². The maximum Gasteiger partial charge on any atom is 0.324 e. The molecule has 0 aliphatic heterocycles. The largest absolute Gasteiger partial charge is 0.497 e. The van der Waals surface area contributed by atoms with Gasteiger partial charge in [-0.1, -0.05) is 12.1 Å². The quantitative estimate of drug-likeness (QED) is 0.776. The Kier molecular flexibility index (Phi) is 3.42. The fraction of sp³-hybridized carbons (Fsp3) is 0.0667. The smallest absolute Gasteiger partial charge is 0.324 e. The van der Waals surface area contributed by atoms with Gasteiger partial charge in [0, 0.05) is 11.8 Å². The van der Waals surface area contributed by atoms with E-state index >= 15 is 0 Å². The van der Waals surface area contributed by atoms with Gasteiger partial charge < -0.3 is 10.1 Å². The summed E-state index contributed by atoms with van der Waals surface area (Å²) in [6.45, 7) is 0. The first-order valence-corrected chi connectivity index (χ1v) is 6.39.